The van der Waals surface area contributed by atoms with E-state index < -0.39 is 0 Å². The molecule has 0 unspecified atom stereocenters. The van der Waals surface area contributed by atoms with Crippen molar-refractivity contribution in [2.45, 2.75) is 24.8 Å². The van der Waals surface area contributed by atoms with E-state index in [-0.39, 0.29) is 0 Å². The third-order valence-corrected chi connectivity index (χ3v) is 4.92. The Balaban J connectivity index is 1.60. The Hall–Kier alpha value is -3.06. The highest BCUT2D eigenvalue weighted by atomic mass is 32.2. The van der Waals surface area contributed by atoms with Gasteiger partial charge in [-0.25, -0.2) is 10.1 Å². The maximum absolute atomic E-state index is 6.08. The third kappa shape index (κ3) is 5.21. The number of nitrogens with two attached hydrogens (primary N) is 1. The fraction of sp³-hybridized carbons (Fsp3) is 0.150. The fourth-order valence-electron chi connectivity index (χ4n) is 2.32. The van der Waals surface area contributed by atoms with Crippen LogP contribution in [0, 0.1) is 6.92 Å². The van der Waals surface area contributed by atoms with Gasteiger partial charge in [0.05, 0.1) is 5.71 Å². The number of nitrogen functional groups attached to an aromatic ring is 1. The van der Waals surface area contributed by atoms with Gasteiger partial charge in [0.1, 0.15) is 0 Å². The van der Waals surface area contributed by atoms with Gasteiger partial charge in [0.2, 0.25) is 5.16 Å². The van der Waals surface area contributed by atoms with Crippen molar-refractivity contribution in [1.29, 1.82) is 0 Å². The number of thioether (sulfide) groups is 1. The van der Waals surface area contributed by atoms with Gasteiger partial charge in [-0.2, -0.15) is 5.10 Å². The van der Waals surface area contributed by atoms with Gasteiger partial charge in [-0.15, -0.1) is 10.2 Å². The van der Waals surface area contributed by atoms with E-state index in [1.54, 1.807) is 0 Å². The SMILES string of the molecule is CC(/C=C/c1ccccc1)=N\Nc1nnc(SCc2ccccc2C)n1N. The monoisotopic (exact) mass is 378 g/mol. The molecule has 3 N–H and O–H groups in total. The molecular weight excluding hydrogens is 356 g/mol. The van der Waals surface area contributed by atoms with E-state index >= 15 is 0 Å². The van der Waals surface area contributed by atoms with Crippen molar-refractivity contribution in [1.82, 2.24) is 14.9 Å². The average Bonchev–Trinajstić information content (AvgIpc) is 3.04. The number of allylic oxidation sites excluding steroid dienone is 1. The number of rotatable bonds is 7. The fourth-order valence-corrected chi connectivity index (χ4v) is 3.26. The highest BCUT2D eigenvalue weighted by Crippen LogP contribution is 2.23. The number of nitrogens with one attached hydrogen (secondary N) is 1. The molecule has 1 aromatic heterocycles. The van der Waals surface area contributed by atoms with Gasteiger partial charge in [0.25, 0.3) is 5.95 Å². The molecule has 2 aromatic carbocycles. The van der Waals surface area contributed by atoms with Crippen molar-refractivity contribution in [2.75, 3.05) is 11.3 Å². The Morgan fingerprint density at radius 2 is 1.89 bits per heavy atom. The smallest absolute Gasteiger partial charge is 0.264 e. The summed E-state index contributed by atoms with van der Waals surface area (Å²) in [7, 11) is 0. The molecule has 27 heavy (non-hydrogen) atoms. The second kappa shape index (κ2) is 9.05. The number of nitrogens with zero attached hydrogens (tertiary/aromatic N) is 4. The molecule has 0 amide bonds. The van der Waals surface area contributed by atoms with Crippen LogP contribution in [0.1, 0.15) is 23.6 Å². The predicted octanol–water partition coefficient (Wildman–Crippen LogP) is 4.09. The first-order valence-corrected chi connectivity index (χ1v) is 9.53. The highest BCUT2D eigenvalue weighted by molar-refractivity contribution is 7.98. The minimum absolute atomic E-state index is 0.398. The lowest BCUT2D eigenvalue weighted by Crippen LogP contribution is -2.13. The van der Waals surface area contributed by atoms with Crippen LogP contribution in [0.3, 0.4) is 0 Å². The lowest BCUT2D eigenvalue weighted by atomic mass is 10.1. The normalized spacial score (nSPS) is 11.9. The Bertz CT molecular complexity index is 946. The molecular formula is C20H22N6S. The molecule has 0 bridgehead atoms. The number of hydrazone groups is 1. The summed E-state index contributed by atoms with van der Waals surface area (Å²) in [4.78, 5) is 0. The van der Waals surface area contributed by atoms with Gasteiger partial charge in [0.15, 0.2) is 0 Å². The minimum Gasteiger partial charge on any atom is -0.334 e. The van der Waals surface area contributed by atoms with Gasteiger partial charge in [-0.3, -0.25) is 0 Å². The van der Waals surface area contributed by atoms with Crippen LogP contribution in [0.4, 0.5) is 5.95 Å². The predicted molar refractivity (Wildman–Crippen MR) is 113 cm³/mol. The van der Waals surface area contributed by atoms with Crippen molar-refractivity contribution >= 4 is 29.5 Å². The summed E-state index contributed by atoms with van der Waals surface area (Å²) in [5.74, 6) is 7.26. The first kappa shape index (κ1) is 18.7. The van der Waals surface area contributed by atoms with E-state index in [9.17, 15) is 0 Å². The van der Waals surface area contributed by atoms with Crippen LogP contribution < -0.4 is 11.3 Å². The second-order valence-corrected chi connectivity index (χ2v) is 6.94. The van der Waals surface area contributed by atoms with Crippen LogP contribution in [0.15, 0.2) is 70.9 Å². The number of aryl methyl sites for hydroxylation is 1. The molecule has 0 saturated carbocycles. The summed E-state index contributed by atoms with van der Waals surface area (Å²) in [6.07, 6.45) is 3.92. The van der Waals surface area contributed by atoms with E-state index in [2.05, 4.69) is 39.8 Å². The van der Waals surface area contributed by atoms with Crippen LogP contribution in [-0.4, -0.2) is 20.6 Å². The molecule has 0 aliphatic heterocycles. The van der Waals surface area contributed by atoms with Gasteiger partial charge in [-0.1, -0.05) is 72.4 Å². The first-order valence-electron chi connectivity index (χ1n) is 8.54. The summed E-state index contributed by atoms with van der Waals surface area (Å²) in [5.41, 5.74) is 7.28. The Morgan fingerprint density at radius 3 is 2.67 bits per heavy atom. The molecule has 0 saturated heterocycles. The molecule has 3 aromatic rings. The maximum Gasteiger partial charge on any atom is 0.264 e. The van der Waals surface area contributed by atoms with E-state index in [0.29, 0.717) is 11.1 Å². The van der Waals surface area contributed by atoms with Crippen LogP contribution in [0.25, 0.3) is 6.08 Å². The quantitative estimate of drug-likeness (QED) is 0.280. The molecule has 3 rings (SSSR count). The maximum atomic E-state index is 6.08. The summed E-state index contributed by atoms with van der Waals surface area (Å²) in [6.45, 7) is 3.99. The molecule has 7 heteroatoms. The van der Waals surface area contributed by atoms with E-state index in [1.165, 1.54) is 27.6 Å². The van der Waals surface area contributed by atoms with Gasteiger partial charge >= 0.3 is 0 Å². The van der Waals surface area contributed by atoms with Crippen molar-refractivity contribution in [3.63, 3.8) is 0 Å². The molecule has 0 aliphatic carbocycles. The molecule has 6 nitrogen and oxygen atoms in total. The Labute approximate surface area is 163 Å². The summed E-state index contributed by atoms with van der Waals surface area (Å²) in [5, 5.41) is 13.1. The molecule has 0 fully saturated rings. The lowest BCUT2D eigenvalue weighted by molar-refractivity contribution is 0.846. The third-order valence-electron chi connectivity index (χ3n) is 3.93. The lowest BCUT2D eigenvalue weighted by Gasteiger charge is -2.05. The summed E-state index contributed by atoms with van der Waals surface area (Å²) >= 11 is 1.54. The molecule has 0 radical (unpaired) electrons. The van der Waals surface area contributed by atoms with Crippen LogP contribution in [0.2, 0.25) is 0 Å². The number of aromatic nitrogens is 3. The molecule has 0 aliphatic rings. The number of hydrogen-bond donors (Lipinski definition) is 2. The topological polar surface area (TPSA) is 81.1 Å². The molecule has 1 heterocycles. The Morgan fingerprint density at radius 1 is 1.15 bits per heavy atom. The van der Waals surface area contributed by atoms with Gasteiger partial charge in [-0.05, 0) is 36.6 Å². The first-order chi connectivity index (χ1) is 13.1. The van der Waals surface area contributed by atoms with Crippen molar-refractivity contribution < 1.29 is 0 Å². The van der Waals surface area contributed by atoms with Crippen molar-refractivity contribution in [3.8, 4) is 0 Å². The van der Waals surface area contributed by atoms with E-state index in [0.717, 1.165) is 17.0 Å². The highest BCUT2D eigenvalue weighted by Gasteiger charge is 2.10. The largest absolute Gasteiger partial charge is 0.334 e. The zero-order valence-electron chi connectivity index (χ0n) is 15.3. The number of benzene rings is 2. The zero-order chi connectivity index (χ0) is 19.1. The van der Waals surface area contributed by atoms with Crippen LogP contribution >= 0.6 is 11.8 Å². The number of hydrogen-bond acceptors (Lipinski definition) is 6. The van der Waals surface area contributed by atoms with Crippen LogP contribution in [0.5, 0.6) is 0 Å². The molecule has 0 spiro atoms. The summed E-state index contributed by atoms with van der Waals surface area (Å²) < 4.78 is 1.42. The summed E-state index contributed by atoms with van der Waals surface area (Å²) in [6, 6.07) is 18.3. The van der Waals surface area contributed by atoms with Crippen LogP contribution in [-0.2, 0) is 5.75 Å². The zero-order valence-corrected chi connectivity index (χ0v) is 16.1. The van der Waals surface area contributed by atoms with Crippen molar-refractivity contribution in [2.24, 2.45) is 5.10 Å². The van der Waals surface area contributed by atoms with Gasteiger partial charge in [0, 0.05) is 5.75 Å². The molecule has 0 atom stereocenters. The van der Waals surface area contributed by atoms with E-state index in [1.807, 2.05) is 61.5 Å². The second-order valence-electron chi connectivity index (χ2n) is 6.00. The van der Waals surface area contributed by atoms with Gasteiger partial charge < -0.3 is 5.84 Å². The van der Waals surface area contributed by atoms with Crippen molar-refractivity contribution in [3.05, 3.63) is 77.4 Å². The standard InChI is InChI=1S/C20H22N6S/c1-15-8-6-7-11-18(15)14-27-20-25-24-19(26(20)21)23-22-16(2)12-13-17-9-4-3-5-10-17/h3-13H,14,21H2,1-2H3,(H,23,24)/b13-12+,22-16+. The average molecular weight is 379 g/mol. The van der Waals surface area contributed by atoms with E-state index in [4.69, 9.17) is 5.84 Å². The Kier molecular flexibility index (Phi) is 6.27. The number of anilines is 1. The molecule has 138 valence electrons. The minimum atomic E-state index is 0.398.